The molecule has 11 heteroatoms. The van der Waals surface area contributed by atoms with Gasteiger partial charge in [-0.3, -0.25) is 0 Å². The molecule has 28 heavy (non-hydrogen) atoms. The maximum absolute atomic E-state index is 12.7. The monoisotopic (exact) mass is 392 g/mol. The Balaban J connectivity index is 1.33. The summed E-state index contributed by atoms with van der Waals surface area (Å²) in [5.74, 6) is 0.541. The van der Waals surface area contributed by atoms with Crippen LogP contribution in [0, 0.1) is 6.92 Å². The van der Waals surface area contributed by atoms with Crippen LogP contribution in [-0.2, 0) is 6.18 Å². The van der Waals surface area contributed by atoms with Crippen LogP contribution in [0.15, 0.2) is 24.4 Å². The minimum Gasteiger partial charge on any atom is -0.367 e. The maximum atomic E-state index is 12.7. The number of hydrogen-bond donors (Lipinski definition) is 2. The molecule has 0 unspecified atom stereocenters. The highest BCUT2D eigenvalue weighted by Gasteiger charge is 2.34. The summed E-state index contributed by atoms with van der Waals surface area (Å²) < 4.78 is 39.9. The van der Waals surface area contributed by atoms with Crippen LogP contribution < -0.4 is 10.6 Å². The fourth-order valence-corrected chi connectivity index (χ4v) is 3.35. The van der Waals surface area contributed by atoms with E-state index in [0.29, 0.717) is 5.65 Å². The van der Waals surface area contributed by atoms with Crippen LogP contribution in [0.2, 0.25) is 0 Å². The molecule has 0 radical (unpaired) electrons. The summed E-state index contributed by atoms with van der Waals surface area (Å²) in [5, 5.41) is 19.0. The second-order valence-corrected chi connectivity index (χ2v) is 6.84. The first-order chi connectivity index (χ1) is 13.4. The lowest BCUT2D eigenvalue weighted by atomic mass is 9.91. The van der Waals surface area contributed by atoms with E-state index in [1.54, 1.807) is 4.52 Å². The number of nitrogens with one attached hydrogen (secondary N) is 2. The highest BCUT2D eigenvalue weighted by Crippen LogP contribution is 2.28. The van der Waals surface area contributed by atoms with Crippen LogP contribution in [0.25, 0.3) is 5.65 Å². The maximum Gasteiger partial charge on any atom is 0.451 e. The number of rotatable bonds is 4. The number of hydrogen-bond acceptors (Lipinski definition) is 7. The van der Waals surface area contributed by atoms with Gasteiger partial charge in [-0.15, -0.1) is 15.3 Å². The largest absolute Gasteiger partial charge is 0.451 e. The van der Waals surface area contributed by atoms with Crippen LogP contribution in [0.4, 0.5) is 24.8 Å². The fourth-order valence-electron chi connectivity index (χ4n) is 3.35. The number of aryl methyl sites for hydroxylation is 1. The average molecular weight is 392 g/mol. The lowest BCUT2D eigenvalue weighted by molar-refractivity contribution is -0.144. The van der Waals surface area contributed by atoms with Gasteiger partial charge in [0, 0.05) is 18.3 Å². The van der Waals surface area contributed by atoms with Crippen molar-refractivity contribution in [2.75, 3.05) is 10.6 Å². The predicted molar refractivity (Wildman–Crippen MR) is 95.8 cm³/mol. The number of anilines is 2. The van der Waals surface area contributed by atoms with Gasteiger partial charge < -0.3 is 10.6 Å². The molecular formula is C17H19F3N8. The molecule has 0 atom stereocenters. The SMILES string of the molecule is Cc1nnc2ccc(NC3CCC(Nc4ccnc(C(F)(F)F)n4)CC3)nn12. The van der Waals surface area contributed by atoms with Crippen molar-refractivity contribution in [3.63, 3.8) is 0 Å². The predicted octanol–water partition coefficient (Wildman–Crippen LogP) is 3.08. The Morgan fingerprint density at radius 2 is 1.64 bits per heavy atom. The van der Waals surface area contributed by atoms with E-state index in [1.807, 2.05) is 19.1 Å². The first-order valence-corrected chi connectivity index (χ1v) is 9.01. The molecule has 3 aromatic heterocycles. The molecule has 0 aliphatic heterocycles. The Labute approximate surface area is 158 Å². The fraction of sp³-hybridized carbons (Fsp3) is 0.471. The molecule has 1 aliphatic rings. The molecule has 148 valence electrons. The van der Waals surface area contributed by atoms with E-state index in [9.17, 15) is 13.2 Å². The number of alkyl halides is 3. The van der Waals surface area contributed by atoms with E-state index in [4.69, 9.17) is 0 Å². The van der Waals surface area contributed by atoms with Crippen molar-refractivity contribution in [1.82, 2.24) is 29.8 Å². The molecule has 0 amide bonds. The van der Waals surface area contributed by atoms with Crippen LogP contribution in [0.5, 0.6) is 0 Å². The van der Waals surface area contributed by atoms with Crippen molar-refractivity contribution in [2.45, 2.75) is 50.9 Å². The van der Waals surface area contributed by atoms with E-state index in [2.05, 4.69) is 35.9 Å². The first kappa shape index (κ1) is 18.4. The number of nitrogens with zero attached hydrogens (tertiary/aromatic N) is 6. The Morgan fingerprint density at radius 1 is 0.964 bits per heavy atom. The molecular weight excluding hydrogens is 373 g/mol. The van der Waals surface area contributed by atoms with E-state index < -0.39 is 12.0 Å². The van der Waals surface area contributed by atoms with Crippen LogP contribution in [0.3, 0.4) is 0 Å². The van der Waals surface area contributed by atoms with Gasteiger partial charge in [-0.25, -0.2) is 9.97 Å². The third kappa shape index (κ3) is 3.97. The van der Waals surface area contributed by atoms with E-state index in [0.717, 1.165) is 43.5 Å². The second kappa shape index (κ2) is 7.21. The summed E-state index contributed by atoms with van der Waals surface area (Å²) in [6.45, 7) is 1.84. The van der Waals surface area contributed by atoms with Crippen molar-refractivity contribution in [2.24, 2.45) is 0 Å². The zero-order chi connectivity index (χ0) is 19.7. The molecule has 0 aromatic carbocycles. The molecule has 0 saturated heterocycles. The van der Waals surface area contributed by atoms with Gasteiger partial charge in [0.1, 0.15) is 11.6 Å². The molecule has 3 aromatic rings. The lowest BCUT2D eigenvalue weighted by Gasteiger charge is -2.30. The summed E-state index contributed by atoms with van der Waals surface area (Å²) in [5.41, 5.74) is 0.694. The lowest BCUT2D eigenvalue weighted by Crippen LogP contribution is -2.33. The summed E-state index contributed by atoms with van der Waals surface area (Å²) in [7, 11) is 0. The molecule has 4 rings (SSSR count). The Bertz CT molecular complexity index is 962. The number of aromatic nitrogens is 6. The first-order valence-electron chi connectivity index (χ1n) is 9.01. The Hall–Kier alpha value is -2.98. The summed E-state index contributed by atoms with van der Waals surface area (Å²) in [6.07, 6.45) is -0.0457. The molecule has 1 saturated carbocycles. The highest BCUT2D eigenvalue weighted by molar-refractivity contribution is 5.44. The highest BCUT2D eigenvalue weighted by atomic mass is 19.4. The minimum atomic E-state index is -4.55. The Kier molecular flexibility index (Phi) is 4.73. The smallest absolute Gasteiger partial charge is 0.367 e. The molecule has 1 fully saturated rings. The third-order valence-corrected chi connectivity index (χ3v) is 4.76. The standard InChI is InChI=1S/C17H19F3N8/c1-10-25-26-15-7-6-14(27-28(10)15)23-12-4-2-11(3-5-12)22-13-8-9-21-16(24-13)17(18,19)20/h6-9,11-12H,2-5H2,1H3,(H,23,27)(H,21,22,24). The quantitative estimate of drug-likeness (QED) is 0.705. The zero-order valence-corrected chi connectivity index (χ0v) is 15.1. The second-order valence-electron chi connectivity index (χ2n) is 6.84. The van der Waals surface area contributed by atoms with Crippen molar-refractivity contribution < 1.29 is 13.2 Å². The Morgan fingerprint density at radius 3 is 2.32 bits per heavy atom. The van der Waals surface area contributed by atoms with Crippen LogP contribution in [0.1, 0.15) is 37.3 Å². The van der Waals surface area contributed by atoms with Gasteiger partial charge in [0.2, 0.25) is 5.82 Å². The molecule has 0 spiro atoms. The number of fused-ring (bicyclic) bond motifs is 1. The van der Waals surface area contributed by atoms with Crippen molar-refractivity contribution in [3.8, 4) is 0 Å². The van der Waals surface area contributed by atoms with Gasteiger partial charge >= 0.3 is 6.18 Å². The van der Waals surface area contributed by atoms with Gasteiger partial charge in [0.05, 0.1) is 0 Å². The van der Waals surface area contributed by atoms with Crippen LogP contribution in [-0.4, -0.2) is 41.9 Å². The molecule has 3 heterocycles. The minimum absolute atomic E-state index is 0.0737. The van der Waals surface area contributed by atoms with Gasteiger partial charge in [-0.1, -0.05) is 0 Å². The molecule has 2 N–H and O–H groups in total. The summed E-state index contributed by atoms with van der Waals surface area (Å²) in [6, 6.07) is 5.50. The average Bonchev–Trinajstić information content (AvgIpc) is 3.04. The summed E-state index contributed by atoms with van der Waals surface area (Å²) >= 11 is 0. The van der Waals surface area contributed by atoms with Gasteiger partial charge in [0.15, 0.2) is 11.5 Å². The van der Waals surface area contributed by atoms with Crippen molar-refractivity contribution in [3.05, 3.63) is 36.0 Å². The zero-order valence-electron chi connectivity index (χ0n) is 15.1. The van der Waals surface area contributed by atoms with E-state index in [-0.39, 0.29) is 17.9 Å². The molecule has 1 aliphatic carbocycles. The van der Waals surface area contributed by atoms with Crippen LogP contribution >= 0.6 is 0 Å². The van der Waals surface area contributed by atoms with Crippen molar-refractivity contribution >= 4 is 17.3 Å². The topological polar surface area (TPSA) is 92.9 Å². The normalized spacial score (nSPS) is 20.3. The molecule has 0 bridgehead atoms. The van der Waals surface area contributed by atoms with Gasteiger partial charge in [-0.05, 0) is 50.8 Å². The van der Waals surface area contributed by atoms with E-state index in [1.165, 1.54) is 6.07 Å². The van der Waals surface area contributed by atoms with Gasteiger partial charge in [0.25, 0.3) is 0 Å². The van der Waals surface area contributed by atoms with Gasteiger partial charge in [-0.2, -0.15) is 17.7 Å². The third-order valence-electron chi connectivity index (χ3n) is 4.76. The number of halogens is 3. The molecule has 8 nitrogen and oxygen atoms in total. The van der Waals surface area contributed by atoms with E-state index >= 15 is 0 Å². The van der Waals surface area contributed by atoms with Crippen molar-refractivity contribution in [1.29, 1.82) is 0 Å². The summed E-state index contributed by atoms with van der Waals surface area (Å²) in [4.78, 5) is 6.85.